The van der Waals surface area contributed by atoms with Crippen LogP contribution in [-0.4, -0.2) is 34.4 Å². The van der Waals surface area contributed by atoms with Gasteiger partial charge >= 0.3 is 0 Å². The van der Waals surface area contributed by atoms with Crippen LogP contribution in [0.1, 0.15) is 12.8 Å². The largest absolute Gasteiger partial charge is 0.368 e. The van der Waals surface area contributed by atoms with Gasteiger partial charge in [0.2, 0.25) is 0 Å². The van der Waals surface area contributed by atoms with Crippen molar-refractivity contribution < 1.29 is 9.53 Å². The third-order valence-electron chi connectivity index (χ3n) is 3.93. The van der Waals surface area contributed by atoms with Crippen LogP contribution in [0.25, 0.3) is 5.69 Å². The van der Waals surface area contributed by atoms with Gasteiger partial charge in [-0.3, -0.25) is 4.79 Å². The molecule has 0 bridgehead atoms. The number of nitrogens with one attached hydrogen (secondary N) is 1. The van der Waals surface area contributed by atoms with Gasteiger partial charge in [0.05, 0.1) is 28.8 Å². The molecule has 3 rings (SSSR count). The molecule has 0 saturated heterocycles. The van der Waals surface area contributed by atoms with Crippen molar-refractivity contribution in [1.29, 1.82) is 0 Å². The summed E-state index contributed by atoms with van der Waals surface area (Å²) in [7, 11) is 1.53. The highest BCUT2D eigenvalue weighted by molar-refractivity contribution is 6.32. The van der Waals surface area contributed by atoms with Gasteiger partial charge in [-0.15, -0.1) is 0 Å². The molecule has 2 aromatic rings. The molecule has 1 aromatic carbocycles. The zero-order valence-electron chi connectivity index (χ0n) is 12.1. The van der Waals surface area contributed by atoms with Crippen LogP contribution in [0.5, 0.6) is 0 Å². The third-order valence-corrected chi connectivity index (χ3v) is 4.25. The number of amides is 1. The Morgan fingerprint density at radius 1 is 1.50 bits per heavy atom. The first-order valence-corrected chi connectivity index (χ1v) is 7.34. The summed E-state index contributed by atoms with van der Waals surface area (Å²) in [4.78, 5) is 12.4. The molecular formula is C15H17ClN4O2. The number of methoxy groups -OCH3 is 1. The number of anilines is 1. The quantitative estimate of drug-likeness (QED) is 0.902. The molecule has 1 saturated carbocycles. The van der Waals surface area contributed by atoms with Crippen molar-refractivity contribution in [3.8, 4) is 5.69 Å². The van der Waals surface area contributed by atoms with E-state index in [1.54, 1.807) is 23.1 Å². The molecule has 6 nitrogen and oxygen atoms in total. The van der Waals surface area contributed by atoms with E-state index in [2.05, 4.69) is 10.4 Å². The van der Waals surface area contributed by atoms with Crippen LogP contribution >= 0.6 is 11.6 Å². The van der Waals surface area contributed by atoms with Crippen molar-refractivity contribution >= 4 is 23.2 Å². The second kappa shape index (κ2) is 5.72. The fourth-order valence-corrected chi connectivity index (χ4v) is 2.86. The summed E-state index contributed by atoms with van der Waals surface area (Å²) in [5.41, 5.74) is 6.27. The Balaban J connectivity index is 1.75. The second-order valence-electron chi connectivity index (χ2n) is 5.45. The summed E-state index contributed by atoms with van der Waals surface area (Å²) in [5.74, 6) is -0.199. The fraction of sp³-hybridized carbons (Fsp3) is 0.333. The highest BCUT2D eigenvalue weighted by Crippen LogP contribution is 2.35. The number of nitrogens with two attached hydrogens (primary N) is 1. The third kappa shape index (κ3) is 2.61. The van der Waals surface area contributed by atoms with E-state index in [4.69, 9.17) is 22.1 Å². The molecular weight excluding hydrogens is 304 g/mol. The molecule has 1 heterocycles. The second-order valence-corrected chi connectivity index (χ2v) is 5.85. The molecule has 0 radical (unpaired) electrons. The molecule has 0 spiro atoms. The van der Waals surface area contributed by atoms with E-state index >= 15 is 0 Å². The number of carbonyl (C=O) groups is 1. The molecule has 1 aromatic heterocycles. The summed E-state index contributed by atoms with van der Waals surface area (Å²) in [6, 6.07) is 7.36. The lowest BCUT2D eigenvalue weighted by Crippen LogP contribution is -2.59. The van der Waals surface area contributed by atoms with E-state index in [-0.39, 0.29) is 11.9 Å². The first kappa shape index (κ1) is 15.0. The minimum absolute atomic E-state index is 0.0107. The van der Waals surface area contributed by atoms with Gasteiger partial charge in [-0.05, 0) is 12.1 Å². The van der Waals surface area contributed by atoms with Crippen LogP contribution < -0.4 is 11.1 Å². The number of aromatic nitrogens is 2. The standard InChI is InChI=1S/C15H17ClN4O2/c1-22-15(6-10(17)7-15)14(21)19-11-8-18-20(9-11)13-5-3-2-4-12(13)16/h2-5,8-10H,6-7,17H2,1H3,(H,19,21). The SMILES string of the molecule is COC1(C(=O)Nc2cnn(-c3ccccc3Cl)c2)CC(N)C1. The molecule has 1 amide bonds. The minimum atomic E-state index is -0.827. The Bertz CT molecular complexity index is 694. The van der Waals surface area contributed by atoms with Crippen LogP contribution in [0.15, 0.2) is 36.7 Å². The lowest BCUT2D eigenvalue weighted by atomic mass is 9.75. The van der Waals surface area contributed by atoms with Crippen molar-refractivity contribution in [2.75, 3.05) is 12.4 Å². The highest BCUT2D eigenvalue weighted by Gasteiger charge is 2.49. The summed E-state index contributed by atoms with van der Waals surface area (Å²) in [6.07, 6.45) is 4.33. The van der Waals surface area contributed by atoms with Gasteiger partial charge in [0.1, 0.15) is 5.60 Å². The number of ether oxygens (including phenoxy) is 1. The number of benzene rings is 1. The van der Waals surface area contributed by atoms with Crippen molar-refractivity contribution in [2.24, 2.45) is 5.73 Å². The highest BCUT2D eigenvalue weighted by atomic mass is 35.5. The summed E-state index contributed by atoms with van der Waals surface area (Å²) < 4.78 is 6.96. The Labute approximate surface area is 133 Å². The van der Waals surface area contributed by atoms with E-state index in [0.29, 0.717) is 23.6 Å². The number of para-hydroxylation sites is 1. The Morgan fingerprint density at radius 2 is 2.23 bits per heavy atom. The van der Waals surface area contributed by atoms with Gasteiger partial charge in [-0.25, -0.2) is 4.68 Å². The molecule has 0 aliphatic heterocycles. The van der Waals surface area contributed by atoms with Gasteiger partial charge in [-0.2, -0.15) is 5.10 Å². The molecule has 3 N–H and O–H groups in total. The molecule has 1 aliphatic rings. The topological polar surface area (TPSA) is 82.2 Å². The lowest BCUT2D eigenvalue weighted by molar-refractivity contribution is -0.150. The number of carbonyl (C=O) groups excluding carboxylic acids is 1. The summed E-state index contributed by atoms with van der Waals surface area (Å²) in [6.45, 7) is 0. The van der Waals surface area contributed by atoms with Crippen LogP contribution in [-0.2, 0) is 9.53 Å². The van der Waals surface area contributed by atoms with Crippen LogP contribution in [0.2, 0.25) is 5.02 Å². The van der Waals surface area contributed by atoms with E-state index in [1.165, 1.54) is 7.11 Å². The molecule has 0 unspecified atom stereocenters. The predicted molar refractivity (Wildman–Crippen MR) is 84.2 cm³/mol. The molecule has 116 valence electrons. The number of hydrogen-bond donors (Lipinski definition) is 2. The van der Waals surface area contributed by atoms with Gasteiger partial charge < -0.3 is 15.8 Å². The normalized spacial score (nSPS) is 23.9. The smallest absolute Gasteiger partial charge is 0.256 e. The number of nitrogens with zero attached hydrogens (tertiary/aromatic N) is 2. The van der Waals surface area contributed by atoms with Crippen LogP contribution in [0.3, 0.4) is 0 Å². The van der Waals surface area contributed by atoms with Crippen LogP contribution in [0, 0.1) is 0 Å². The Hall–Kier alpha value is -1.89. The van der Waals surface area contributed by atoms with Gasteiger partial charge in [0.25, 0.3) is 5.91 Å². The molecule has 1 fully saturated rings. The van der Waals surface area contributed by atoms with Crippen molar-refractivity contribution in [3.63, 3.8) is 0 Å². The van der Waals surface area contributed by atoms with Gasteiger partial charge in [-0.1, -0.05) is 23.7 Å². The van der Waals surface area contributed by atoms with Crippen molar-refractivity contribution in [2.45, 2.75) is 24.5 Å². The maximum atomic E-state index is 12.4. The Kier molecular flexibility index (Phi) is 3.90. The maximum absolute atomic E-state index is 12.4. The van der Waals surface area contributed by atoms with Crippen molar-refractivity contribution in [3.05, 3.63) is 41.7 Å². The van der Waals surface area contributed by atoms with E-state index < -0.39 is 5.60 Å². The van der Waals surface area contributed by atoms with Gasteiger partial charge in [0, 0.05) is 26.0 Å². The van der Waals surface area contributed by atoms with Crippen LogP contribution in [0.4, 0.5) is 5.69 Å². The molecule has 7 heteroatoms. The number of rotatable bonds is 4. The average Bonchev–Trinajstić information content (AvgIpc) is 2.92. The monoisotopic (exact) mass is 320 g/mol. The zero-order chi connectivity index (χ0) is 15.7. The molecule has 22 heavy (non-hydrogen) atoms. The molecule has 1 aliphatic carbocycles. The minimum Gasteiger partial charge on any atom is -0.368 e. The predicted octanol–water partition coefficient (Wildman–Crippen LogP) is 1.97. The van der Waals surface area contributed by atoms with E-state index in [9.17, 15) is 4.79 Å². The summed E-state index contributed by atoms with van der Waals surface area (Å²) in [5, 5.41) is 7.62. The Morgan fingerprint density at radius 3 is 2.86 bits per heavy atom. The number of hydrogen-bond acceptors (Lipinski definition) is 4. The van der Waals surface area contributed by atoms with Gasteiger partial charge in [0.15, 0.2) is 0 Å². The average molecular weight is 321 g/mol. The zero-order valence-corrected chi connectivity index (χ0v) is 12.9. The maximum Gasteiger partial charge on any atom is 0.256 e. The van der Waals surface area contributed by atoms with Crippen molar-refractivity contribution in [1.82, 2.24) is 9.78 Å². The first-order valence-electron chi connectivity index (χ1n) is 6.96. The fourth-order valence-electron chi connectivity index (χ4n) is 2.63. The summed E-state index contributed by atoms with van der Waals surface area (Å²) >= 11 is 6.13. The van der Waals surface area contributed by atoms with E-state index in [1.807, 2.05) is 18.2 Å². The molecule has 0 atom stereocenters. The first-order chi connectivity index (χ1) is 10.5. The lowest BCUT2D eigenvalue weighted by Gasteiger charge is -2.43. The van der Waals surface area contributed by atoms with E-state index in [0.717, 1.165) is 5.69 Å². The number of halogens is 1.